The molecule has 1 aliphatic heterocycles. The van der Waals surface area contributed by atoms with Crippen molar-refractivity contribution in [3.8, 4) is 0 Å². The molecule has 0 saturated carbocycles. The van der Waals surface area contributed by atoms with Crippen LogP contribution in [0.1, 0.15) is 17.5 Å². The van der Waals surface area contributed by atoms with E-state index in [4.69, 9.17) is 10.5 Å². The van der Waals surface area contributed by atoms with E-state index in [-0.39, 0.29) is 30.7 Å². The van der Waals surface area contributed by atoms with Crippen LogP contribution in [0.5, 0.6) is 0 Å². The molecule has 3 N–H and O–H groups in total. The summed E-state index contributed by atoms with van der Waals surface area (Å²) < 4.78 is 5.35. The van der Waals surface area contributed by atoms with Gasteiger partial charge in [0, 0.05) is 37.9 Å². The van der Waals surface area contributed by atoms with E-state index in [1.807, 2.05) is 42.6 Å². The average molecular weight is 413 g/mol. The molecule has 0 radical (unpaired) electrons. The predicted octanol–water partition coefficient (Wildman–Crippen LogP) is 2.59. The molecule has 1 amide bonds. The molecule has 1 saturated heterocycles. The Bertz CT molecular complexity index is 707. The first-order chi connectivity index (χ1) is 12.2. The van der Waals surface area contributed by atoms with Crippen LogP contribution in [0, 0.1) is 0 Å². The first kappa shape index (κ1) is 23.0. The number of carbonyl (C=O) groups is 1. The maximum absolute atomic E-state index is 12.0. The van der Waals surface area contributed by atoms with Crippen molar-refractivity contribution in [2.75, 3.05) is 36.9 Å². The van der Waals surface area contributed by atoms with Crippen LogP contribution in [0.2, 0.25) is 0 Å². The molecule has 1 fully saturated rings. The number of nitrogen functional groups attached to an aromatic ring is 1. The minimum Gasteiger partial charge on any atom is -0.399 e. The minimum atomic E-state index is 0. The van der Waals surface area contributed by atoms with Gasteiger partial charge in [-0.05, 0) is 29.7 Å². The molecule has 148 valence electrons. The van der Waals surface area contributed by atoms with E-state index >= 15 is 0 Å². The smallest absolute Gasteiger partial charge is 0.220 e. The fraction of sp³-hybridized carbons (Fsp3) is 0.368. The standard InChI is InChI=1S/C19H24N4O2.2ClH/c20-17-4-2-1-3-16(17)6-8-19(24)22-14-15-5-7-18(21-13-15)23-9-11-25-12-10-23;;/h1-5,7,13H,6,8-12,14,20H2,(H,22,24);2*1H. The zero-order valence-corrected chi connectivity index (χ0v) is 16.7. The zero-order valence-electron chi connectivity index (χ0n) is 15.1. The number of amides is 1. The van der Waals surface area contributed by atoms with Gasteiger partial charge in [-0.1, -0.05) is 24.3 Å². The van der Waals surface area contributed by atoms with Crippen molar-refractivity contribution in [1.29, 1.82) is 0 Å². The number of anilines is 2. The van der Waals surface area contributed by atoms with Gasteiger partial charge in [0.2, 0.25) is 5.91 Å². The summed E-state index contributed by atoms with van der Waals surface area (Å²) in [5, 5.41) is 2.93. The highest BCUT2D eigenvalue weighted by Crippen LogP contribution is 2.14. The van der Waals surface area contributed by atoms with E-state index in [0.29, 0.717) is 19.4 Å². The summed E-state index contributed by atoms with van der Waals surface area (Å²) in [5.74, 6) is 0.971. The summed E-state index contributed by atoms with van der Waals surface area (Å²) >= 11 is 0. The van der Waals surface area contributed by atoms with Crippen LogP contribution in [0.15, 0.2) is 42.6 Å². The summed E-state index contributed by atoms with van der Waals surface area (Å²) in [7, 11) is 0. The first-order valence-electron chi connectivity index (χ1n) is 8.60. The third-order valence-electron chi connectivity index (χ3n) is 4.31. The molecular weight excluding hydrogens is 387 g/mol. The van der Waals surface area contributed by atoms with E-state index in [1.165, 1.54) is 0 Å². The van der Waals surface area contributed by atoms with Gasteiger partial charge in [-0.25, -0.2) is 4.98 Å². The molecule has 6 nitrogen and oxygen atoms in total. The largest absolute Gasteiger partial charge is 0.399 e. The molecule has 1 aromatic carbocycles. The fourth-order valence-electron chi connectivity index (χ4n) is 2.80. The quantitative estimate of drug-likeness (QED) is 0.712. The van der Waals surface area contributed by atoms with Crippen LogP contribution in [0.25, 0.3) is 0 Å². The Labute approximate surface area is 172 Å². The molecule has 2 aromatic rings. The molecule has 0 bridgehead atoms. The number of nitrogens with two attached hydrogens (primary N) is 1. The summed E-state index contributed by atoms with van der Waals surface area (Å²) in [6, 6.07) is 11.6. The number of halogens is 2. The van der Waals surface area contributed by atoms with Gasteiger partial charge in [-0.2, -0.15) is 0 Å². The molecule has 8 heteroatoms. The van der Waals surface area contributed by atoms with Crippen molar-refractivity contribution >= 4 is 42.2 Å². The van der Waals surface area contributed by atoms with Gasteiger partial charge in [-0.3, -0.25) is 4.79 Å². The molecule has 0 atom stereocenters. The average Bonchev–Trinajstić information content (AvgIpc) is 2.67. The lowest BCUT2D eigenvalue weighted by Crippen LogP contribution is -2.36. The third-order valence-corrected chi connectivity index (χ3v) is 4.31. The molecule has 0 spiro atoms. The minimum absolute atomic E-state index is 0. The Balaban J connectivity index is 0.00000182. The summed E-state index contributed by atoms with van der Waals surface area (Å²) in [6.07, 6.45) is 2.89. The van der Waals surface area contributed by atoms with E-state index in [9.17, 15) is 4.79 Å². The molecule has 27 heavy (non-hydrogen) atoms. The Kier molecular flexibility index (Phi) is 9.93. The number of nitrogens with zero attached hydrogens (tertiary/aromatic N) is 2. The number of aryl methyl sites for hydroxylation is 1. The molecule has 1 aromatic heterocycles. The topological polar surface area (TPSA) is 80.5 Å². The fourth-order valence-corrected chi connectivity index (χ4v) is 2.80. The van der Waals surface area contributed by atoms with Crippen molar-refractivity contribution in [3.05, 3.63) is 53.7 Å². The second kappa shape index (κ2) is 11.6. The number of hydrogen-bond donors (Lipinski definition) is 2. The van der Waals surface area contributed by atoms with Crippen LogP contribution in [0.4, 0.5) is 11.5 Å². The second-order valence-corrected chi connectivity index (χ2v) is 6.10. The van der Waals surface area contributed by atoms with Gasteiger partial charge < -0.3 is 20.7 Å². The van der Waals surface area contributed by atoms with Crippen molar-refractivity contribution in [1.82, 2.24) is 10.3 Å². The van der Waals surface area contributed by atoms with E-state index < -0.39 is 0 Å². The van der Waals surface area contributed by atoms with Gasteiger partial charge in [0.15, 0.2) is 0 Å². The van der Waals surface area contributed by atoms with Gasteiger partial charge in [0.1, 0.15) is 5.82 Å². The predicted molar refractivity (Wildman–Crippen MR) is 113 cm³/mol. The highest BCUT2D eigenvalue weighted by Gasteiger charge is 2.12. The van der Waals surface area contributed by atoms with E-state index in [2.05, 4.69) is 15.2 Å². The number of ether oxygens (including phenoxy) is 1. The number of carbonyl (C=O) groups excluding carboxylic acids is 1. The number of nitrogens with one attached hydrogen (secondary N) is 1. The molecular formula is C19H26Cl2N4O2. The monoisotopic (exact) mass is 412 g/mol. The van der Waals surface area contributed by atoms with Crippen molar-refractivity contribution in [2.45, 2.75) is 19.4 Å². The number of rotatable bonds is 6. The van der Waals surface area contributed by atoms with E-state index in [0.717, 1.165) is 48.9 Å². The Morgan fingerprint density at radius 2 is 1.89 bits per heavy atom. The van der Waals surface area contributed by atoms with Crippen LogP contribution in [0.3, 0.4) is 0 Å². The summed E-state index contributed by atoms with van der Waals surface area (Å²) in [6.45, 7) is 3.70. The zero-order chi connectivity index (χ0) is 17.5. The van der Waals surface area contributed by atoms with Crippen LogP contribution < -0.4 is 16.0 Å². The summed E-state index contributed by atoms with van der Waals surface area (Å²) in [5.41, 5.74) is 8.63. The van der Waals surface area contributed by atoms with E-state index in [1.54, 1.807) is 0 Å². The number of aromatic nitrogens is 1. The number of morpholine rings is 1. The van der Waals surface area contributed by atoms with Crippen LogP contribution in [-0.4, -0.2) is 37.2 Å². The lowest BCUT2D eigenvalue weighted by Gasteiger charge is -2.27. The van der Waals surface area contributed by atoms with Gasteiger partial charge >= 0.3 is 0 Å². The maximum Gasteiger partial charge on any atom is 0.220 e. The number of benzene rings is 1. The lowest BCUT2D eigenvalue weighted by atomic mass is 10.1. The Hall–Kier alpha value is -2.02. The first-order valence-corrected chi connectivity index (χ1v) is 8.60. The highest BCUT2D eigenvalue weighted by atomic mass is 35.5. The van der Waals surface area contributed by atoms with Gasteiger partial charge in [-0.15, -0.1) is 24.8 Å². The normalized spacial score (nSPS) is 13.3. The number of pyridine rings is 1. The highest BCUT2D eigenvalue weighted by molar-refractivity contribution is 5.85. The SMILES string of the molecule is Cl.Cl.Nc1ccccc1CCC(=O)NCc1ccc(N2CCOCC2)nc1. The third kappa shape index (κ3) is 6.90. The Morgan fingerprint density at radius 3 is 2.56 bits per heavy atom. The Morgan fingerprint density at radius 1 is 1.15 bits per heavy atom. The van der Waals surface area contributed by atoms with Gasteiger partial charge in [0.05, 0.1) is 13.2 Å². The van der Waals surface area contributed by atoms with Crippen molar-refractivity contribution in [2.24, 2.45) is 0 Å². The van der Waals surface area contributed by atoms with Crippen molar-refractivity contribution < 1.29 is 9.53 Å². The van der Waals surface area contributed by atoms with Crippen LogP contribution >= 0.6 is 24.8 Å². The van der Waals surface area contributed by atoms with Crippen LogP contribution in [-0.2, 0) is 22.5 Å². The second-order valence-electron chi connectivity index (χ2n) is 6.10. The molecule has 0 aliphatic carbocycles. The molecule has 3 rings (SSSR count). The summed E-state index contributed by atoms with van der Waals surface area (Å²) in [4.78, 5) is 18.7. The molecule has 0 unspecified atom stereocenters. The molecule has 2 heterocycles. The van der Waals surface area contributed by atoms with Crippen molar-refractivity contribution in [3.63, 3.8) is 0 Å². The molecule has 1 aliphatic rings. The lowest BCUT2D eigenvalue weighted by molar-refractivity contribution is -0.121. The maximum atomic E-state index is 12.0. The number of para-hydroxylation sites is 1. The number of hydrogen-bond acceptors (Lipinski definition) is 5. The van der Waals surface area contributed by atoms with Gasteiger partial charge in [0.25, 0.3) is 0 Å².